The molecule has 0 saturated carbocycles. The van der Waals surface area contributed by atoms with Gasteiger partial charge in [-0.2, -0.15) is 10.5 Å². The molecule has 3 heterocycles. The van der Waals surface area contributed by atoms with Crippen molar-refractivity contribution in [1.29, 1.82) is 10.5 Å². The van der Waals surface area contributed by atoms with Crippen LogP contribution in [0, 0.1) is 22.7 Å². The van der Waals surface area contributed by atoms with Gasteiger partial charge >= 0.3 is 0 Å². The number of aromatic nitrogens is 3. The SMILES string of the molecule is CCCCCCCCCCCCn1c(=O)c2ccc3c4ccc5c(=O)n(CCCCCCCCCCCC)c(=O)c6cc7c8c(=O)n(-c9ccc(C#N)c(C#N)c9)c(=O)c8c8cc(c1=O)c2c3c8c7c4c56. The molecule has 11 heteroatoms. The molecule has 7 aromatic carbocycles. The van der Waals surface area contributed by atoms with Gasteiger partial charge in [-0.05, 0) is 98.4 Å². The first-order valence-electron chi connectivity index (χ1n) is 26.2. The average Bonchev–Trinajstić information content (AvgIpc) is 3.65. The molecule has 10 aromatic rings. The number of rotatable bonds is 23. The zero-order valence-electron chi connectivity index (χ0n) is 40.9. The fourth-order valence-corrected chi connectivity index (χ4v) is 12.0. The molecule has 0 aliphatic rings. The number of pyridine rings is 2. The summed E-state index contributed by atoms with van der Waals surface area (Å²) in [6.45, 7) is 4.91. The fourth-order valence-electron chi connectivity index (χ4n) is 12.0. The Kier molecular flexibility index (Phi) is 13.3. The highest BCUT2D eigenvalue weighted by Gasteiger charge is 2.30. The first kappa shape index (κ1) is 47.4. The maximum atomic E-state index is 15.2. The molecule has 0 saturated heterocycles. The maximum Gasteiger partial charge on any atom is 0.266 e. The molecule has 360 valence electrons. The number of hydrogen-bond acceptors (Lipinski definition) is 8. The Hall–Kier alpha value is -7.24. The maximum absolute atomic E-state index is 15.2. The minimum atomic E-state index is -0.691. The highest BCUT2D eigenvalue weighted by atomic mass is 16.2. The molecular formula is C60H59N5O6. The van der Waals surface area contributed by atoms with Gasteiger partial charge in [0.2, 0.25) is 0 Å². The smallest absolute Gasteiger partial charge is 0.266 e. The van der Waals surface area contributed by atoms with Crippen molar-refractivity contribution in [3.8, 4) is 17.8 Å². The molecule has 0 aliphatic carbocycles. The summed E-state index contributed by atoms with van der Waals surface area (Å²) in [5.74, 6) is 0. The molecule has 11 nitrogen and oxygen atoms in total. The summed E-state index contributed by atoms with van der Waals surface area (Å²) in [5.41, 5.74) is -2.93. The van der Waals surface area contributed by atoms with Crippen LogP contribution in [0.1, 0.15) is 153 Å². The molecule has 0 atom stereocenters. The monoisotopic (exact) mass is 945 g/mol. The van der Waals surface area contributed by atoms with Gasteiger partial charge in [0.15, 0.2) is 0 Å². The zero-order valence-corrected chi connectivity index (χ0v) is 40.9. The van der Waals surface area contributed by atoms with Crippen molar-refractivity contribution in [1.82, 2.24) is 13.7 Å². The Morgan fingerprint density at radius 3 is 1.08 bits per heavy atom. The van der Waals surface area contributed by atoms with E-state index in [1.807, 2.05) is 24.3 Å². The number of fused-ring (bicyclic) bond motifs is 4. The lowest BCUT2D eigenvalue weighted by Gasteiger charge is -2.22. The van der Waals surface area contributed by atoms with Crippen molar-refractivity contribution in [3.63, 3.8) is 0 Å². The molecular weight excluding hydrogens is 887 g/mol. The Morgan fingerprint density at radius 1 is 0.338 bits per heavy atom. The second-order valence-corrected chi connectivity index (χ2v) is 20.1. The third-order valence-corrected chi connectivity index (χ3v) is 15.6. The lowest BCUT2D eigenvalue weighted by atomic mass is 9.81. The summed E-state index contributed by atoms with van der Waals surface area (Å²) in [7, 11) is 0. The van der Waals surface area contributed by atoms with Gasteiger partial charge in [0.1, 0.15) is 12.1 Å². The molecule has 0 N–H and O–H groups in total. The molecule has 0 aliphatic heterocycles. The van der Waals surface area contributed by atoms with Crippen molar-refractivity contribution in [2.24, 2.45) is 0 Å². The largest absolute Gasteiger partial charge is 0.274 e. The third kappa shape index (κ3) is 7.85. The number of benzene rings is 7. The van der Waals surface area contributed by atoms with Crippen molar-refractivity contribution in [2.75, 3.05) is 0 Å². The Morgan fingerprint density at radius 2 is 0.690 bits per heavy atom. The van der Waals surface area contributed by atoms with Crippen molar-refractivity contribution in [2.45, 2.75) is 155 Å². The minimum absolute atomic E-state index is 0.00935. The molecule has 0 fully saturated rings. The van der Waals surface area contributed by atoms with Crippen molar-refractivity contribution in [3.05, 3.63) is 128 Å². The summed E-state index contributed by atoms with van der Waals surface area (Å²) < 4.78 is 3.62. The zero-order chi connectivity index (χ0) is 49.5. The summed E-state index contributed by atoms with van der Waals surface area (Å²) in [6.07, 6.45) is 22.0. The average molecular weight is 946 g/mol. The predicted octanol–water partition coefficient (Wildman–Crippen LogP) is 12.2. The number of unbranched alkanes of at least 4 members (excludes halogenated alkanes) is 18. The van der Waals surface area contributed by atoms with Crippen LogP contribution in [0.25, 0.3) is 91.9 Å². The van der Waals surface area contributed by atoms with E-state index in [1.165, 1.54) is 104 Å². The molecule has 0 radical (unpaired) electrons. The van der Waals surface area contributed by atoms with Gasteiger partial charge in [-0.1, -0.05) is 142 Å². The summed E-state index contributed by atoms with van der Waals surface area (Å²) >= 11 is 0. The minimum Gasteiger partial charge on any atom is -0.274 e. The third-order valence-electron chi connectivity index (χ3n) is 15.6. The van der Waals surface area contributed by atoms with E-state index in [2.05, 4.69) is 13.8 Å². The highest BCUT2D eigenvalue weighted by molar-refractivity contribution is 6.48. The quantitative estimate of drug-likeness (QED) is 0.0347. The van der Waals surface area contributed by atoms with E-state index >= 15 is 9.59 Å². The van der Waals surface area contributed by atoms with Crippen LogP contribution >= 0.6 is 0 Å². The van der Waals surface area contributed by atoms with Crippen molar-refractivity contribution < 1.29 is 0 Å². The molecule has 0 spiro atoms. The highest BCUT2D eigenvalue weighted by Crippen LogP contribution is 2.50. The molecule has 0 unspecified atom stereocenters. The summed E-state index contributed by atoms with van der Waals surface area (Å²) in [6, 6.07) is 18.8. The number of hydrogen-bond donors (Lipinski definition) is 0. The van der Waals surface area contributed by atoms with Gasteiger partial charge in [-0.25, -0.2) is 4.57 Å². The van der Waals surface area contributed by atoms with Crippen LogP contribution in [0.2, 0.25) is 0 Å². The van der Waals surface area contributed by atoms with E-state index in [4.69, 9.17) is 0 Å². The standard InChI is InChI=1S/C60H59N5O6/c1-3-5-7-9-11-13-15-17-19-21-29-63-55(66)41-27-25-39-40-26-28-42-48-46(58(69)64(56(42)67)30-22-20-18-16-14-12-10-8-6-4-2)33-44-52(50(40)48)51-43(32-45(57(63)68)47(41)49(39)51)53-54(44)60(71)65(59(53)70)38-24-23-36(34-61)37(31-38)35-62/h23-28,31-33H,3-22,29-30H2,1-2H3. The first-order chi connectivity index (χ1) is 34.7. The lowest BCUT2D eigenvalue weighted by molar-refractivity contribution is 0.527. The van der Waals surface area contributed by atoms with E-state index in [-0.39, 0.29) is 62.6 Å². The van der Waals surface area contributed by atoms with E-state index in [1.54, 1.807) is 24.3 Å². The van der Waals surface area contributed by atoms with Gasteiger partial charge < -0.3 is 0 Å². The second kappa shape index (κ2) is 19.9. The van der Waals surface area contributed by atoms with E-state index in [0.717, 1.165) is 43.1 Å². The van der Waals surface area contributed by atoms with Gasteiger partial charge in [0.05, 0.1) is 27.6 Å². The van der Waals surface area contributed by atoms with Gasteiger partial charge in [-0.3, -0.25) is 37.9 Å². The van der Waals surface area contributed by atoms with E-state index in [0.29, 0.717) is 77.5 Å². The van der Waals surface area contributed by atoms with Crippen LogP contribution in [0.5, 0.6) is 0 Å². The Balaban J connectivity index is 1.17. The van der Waals surface area contributed by atoms with Gasteiger partial charge in [0.25, 0.3) is 33.4 Å². The lowest BCUT2D eigenvalue weighted by Crippen LogP contribution is -2.33. The summed E-state index contributed by atoms with van der Waals surface area (Å²) in [5, 5.41) is 26.3. The van der Waals surface area contributed by atoms with Crippen LogP contribution in [-0.4, -0.2) is 13.7 Å². The first-order valence-corrected chi connectivity index (χ1v) is 26.2. The number of nitriles is 2. The van der Waals surface area contributed by atoms with Crippen LogP contribution in [0.3, 0.4) is 0 Å². The van der Waals surface area contributed by atoms with Crippen LogP contribution in [-0.2, 0) is 13.1 Å². The molecule has 0 bridgehead atoms. The normalized spacial score (nSPS) is 12.2. The molecule has 0 amide bonds. The number of nitrogens with zero attached hydrogens (tertiary/aromatic N) is 5. The second-order valence-electron chi connectivity index (χ2n) is 20.1. The molecule has 3 aromatic heterocycles. The van der Waals surface area contributed by atoms with Gasteiger partial charge in [0, 0.05) is 45.4 Å². The van der Waals surface area contributed by atoms with Crippen LogP contribution in [0.4, 0.5) is 0 Å². The van der Waals surface area contributed by atoms with Gasteiger partial charge in [-0.15, -0.1) is 0 Å². The van der Waals surface area contributed by atoms with Crippen LogP contribution in [0.15, 0.2) is 83.4 Å². The summed E-state index contributed by atoms with van der Waals surface area (Å²) in [4.78, 5) is 89.0. The molecule has 10 rings (SSSR count). The topological polar surface area (TPSA) is 165 Å². The van der Waals surface area contributed by atoms with E-state index in [9.17, 15) is 29.7 Å². The molecule has 71 heavy (non-hydrogen) atoms. The fraction of sp³-hybridized carbons (Fsp3) is 0.400. The van der Waals surface area contributed by atoms with Crippen molar-refractivity contribution >= 4 is 86.2 Å². The van der Waals surface area contributed by atoms with Crippen LogP contribution < -0.4 is 33.4 Å². The van der Waals surface area contributed by atoms with E-state index < -0.39 is 22.2 Å². The predicted molar refractivity (Wildman–Crippen MR) is 288 cm³/mol. The Labute approximate surface area is 409 Å². The Bertz CT molecular complexity index is 3870.